The lowest BCUT2D eigenvalue weighted by Crippen LogP contribution is -2.50. The van der Waals surface area contributed by atoms with E-state index in [9.17, 15) is 4.79 Å². The van der Waals surface area contributed by atoms with Gasteiger partial charge in [0, 0.05) is 0 Å². The van der Waals surface area contributed by atoms with E-state index < -0.39 is 11.5 Å². The fraction of sp³-hybridized carbons (Fsp3) is 0.909. The van der Waals surface area contributed by atoms with Crippen molar-refractivity contribution in [3.63, 3.8) is 0 Å². The first kappa shape index (κ1) is 14.4. The summed E-state index contributed by atoms with van der Waals surface area (Å²) in [5, 5.41) is 15.4. The number of aliphatic carboxylic acids is 1. The zero-order valence-corrected chi connectivity index (χ0v) is 10.1. The van der Waals surface area contributed by atoms with E-state index in [1.807, 2.05) is 6.92 Å². The van der Waals surface area contributed by atoms with E-state index in [0.717, 1.165) is 32.5 Å². The van der Waals surface area contributed by atoms with E-state index in [1.54, 1.807) is 6.92 Å². The number of hydrogen-bond donors (Lipinski definition) is 3. The quantitative estimate of drug-likeness (QED) is 0.507. The van der Waals surface area contributed by atoms with Crippen LogP contribution in [0.3, 0.4) is 0 Å². The monoisotopic (exact) mass is 216 g/mol. The Bertz CT molecular complexity index is 185. The summed E-state index contributed by atoms with van der Waals surface area (Å²) in [6.07, 6.45) is 2.51. The molecule has 0 aromatic rings. The highest BCUT2D eigenvalue weighted by molar-refractivity contribution is 5.78. The molecular weight excluding hydrogens is 192 g/mol. The lowest BCUT2D eigenvalue weighted by Gasteiger charge is -2.25. The van der Waals surface area contributed by atoms with Gasteiger partial charge in [0.25, 0.3) is 0 Å². The molecule has 0 heterocycles. The maximum absolute atomic E-state index is 11.1. The predicted molar refractivity (Wildman–Crippen MR) is 62.1 cm³/mol. The summed E-state index contributed by atoms with van der Waals surface area (Å²) in [6, 6.07) is 0. The maximum Gasteiger partial charge on any atom is 0.323 e. The molecule has 0 aliphatic carbocycles. The lowest BCUT2D eigenvalue weighted by atomic mass is 9.96. The second-order valence-electron chi connectivity index (χ2n) is 4.02. The number of carboxylic acid groups (broad SMARTS) is 1. The first-order valence-corrected chi connectivity index (χ1v) is 5.76. The van der Waals surface area contributed by atoms with Gasteiger partial charge < -0.3 is 15.7 Å². The Kier molecular flexibility index (Phi) is 7.34. The number of carbonyl (C=O) groups is 1. The Hall–Kier alpha value is -0.610. The van der Waals surface area contributed by atoms with E-state index in [4.69, 9.17) is 5.11 Å². The molecule has 0 aliphatic rings. The number of hydrogen-bond acceptors (Lipinski definition) is 3. The van der Waals surface area contributed by atoms with Crippen LogP contribution in [0.2, 0.25) is 0 Å². The number of rotatable bonds is 9. The summed E-state index contributed by atoms with van der Waals surface area (Å²) in [6.45, 7) is 8.46. The largest absolute Gasteiger partial charge is 0.480 e. The van der Waals surface area contributed by atoms with Gasteiger partial charge in [0.1, 0.15) is 5.54 Å². The molecule has 0 spiro atoms. The molecule has 4 heteroatoms. The Morgan fingerprint density at radius 1 is 1.33 bits per heavy atom. The summed E-state index contributed by atoms with van der Waals surface area (Å²) in [4.78, 5) is 11.1. The van der Waals surface area contributed by atoms with Gasteiger partial charge in [0.05, 0.1) is 0 Å². The van der Waals surface area contributed by atoms with Gasteiger partial charge in [-0.2, -0.15) is 0 Å². The van der Waals surface area contributed by atoms with E-state index in [2.05, 4.69) is 17.6 Å². The van der Waals surface area contributed by atoms with Crippen LogP contribution in [0.15, 0.2) is 0 Å². The molecule has 4 nitrogen and oxygen atoms in total. The first-order valence-electron chi connectivity index (χ1n) is 5.76. The van der Waals surface area contributed by atoms with Gasteiger partial charge in [0.2, 0.25) is 0 Å². The molecule has 15 heavy (non-hydrogen) atoms. The molecule has 0 bridgehead atoms. The second kappa shape index (κ2) is 7.65. The smallest absolute Gasteiger partial charge is 0.323 e. The minimum absolute atomic E-state index is 0.670. The van der Waals surface area contributed by atoms with Crippen LogP contribution in [-0.2, 0) is 4.79 Å². The fourth-order valence-corrected chi connectivity index (χ4v) is 1.53. The van der Waals surface area contributed by atoms with Crippen LogP contribution < -0.4 is 10.6 Å². The molecule has 1 unspecified atom stereocenters. The average molecular weight is 216 g/mol. The molecule has 3 N–H and O–H groups in total. The summed E-state index contributed by atoms with van der Waals surface area (Å²) < 4.78 is 0. The zero-order valence-electron chi connectivity index (χ0n) is 10.1. The summed E-state index contributed by atoms with van der Waals surface area (Å²) in [7, 11) is 0. The van der Waals surface area contributed by atoms with Crippen molar-refractivity contribution in [1.82, 2.24) is 10.6 Å². The molecule has 0 amide bonds. The standard InChI is InChI=1S/C11H24N2O2/c1-4-7-11(3,10(14)15)13-9-6-8-12-5-2/h12-13H,4-9H2,1-3H3,(H,14,15). The number of carboxylic acids is 1. The highest BCUT2D eigenvalue weighted by atomic mass is 16.4. The molecule has 0 aromatic carbocycles. The molecule has 0 fully saturated rings. The predicted octanol–water partition coefficient (Wildman–Crippen LogP) is 1.22. The highest BCUT2D eigenvalue weighted by Gasteiger charge is 2.30. The van der Waals surface area contributed by atoms with E-state index >= 15 is 0 Å². The third-order valence-corrected chi connectivity index (χ3v) is 2.52. The van der Waals surface area contributed by atoms with Crippen LogP contribution in [0.4, 0.5) is 0 Å². The molecule has 0 saturated carbocycles. The Morgan fingerprint density at radius 3 is 2.47 bits per heavy atom. The van der Waals surface area contributed by atoms with Gasteiger partial charge >= 0.3 is 5.97 Å². The Balaban J connectivity index is 3.81. The van der Waals surface area contributed by atoms with Crippen molar-refractivity contribution in [2.24, 2.45) is 0 Å². The molecule has 0 rings (SSSR count). The van der Waals surface area contributed by atoms with E-state index in [0.29, 0.717) is 6.42 Å². The zero-order chi connectivity index (χ0) is 11.7. The minimum atomic E-state index is -0.763. The van der Waals surface area contributed by atoms with Crippen LogP contribution in [0.5, 0.6) is 0 Å². The van der Waals surface area contributed by atoms with E-state index in [1.165, 1.54) is 0 Å². The molecule has 0 saturated heterocycles. The van der Waals surface area contributed by atoms with Crippen molar-refractivity contribution in [3.05, 3.63) is 0 Å². The first-order chi connectivity index (χ1) is 7.06. The minimum Gasteiger partial charge on any atom is -0.480 e. The van der Waals surface area contributed by atoms with Crippen LogP contribution >= 0.6 is 0 Å². The fourth-order valence-electron chi connectivity index (χ4n) is 1.53. The molecular formula is C11H24N2O2. The number of nitrogens with one attached hydrogen (secondary N) is 2. The molecule has 0 aromatic heterocycles. The van der Waals surface area contributed by atoms with Crippen LogP contribution in [0.25, 0.3) is 0 Å². The van der Waals surface area contributed by atoms with Gasteiger partial charge in [-0.1, -0.05) is 20.3 Å². The van der Waals surface area contributed by atoms with Crippen molar-refractivity contribution in [1.29, 1.82) is 0 Å². The van der Waals surface area contributed by atoms with Crippen molar-refractivity contribution < 1.29 is 9.90 Å². The second-order valence-corrected chi connectivity index (χ2v) is 4.02. The van der Waals surface area contributed by atoms with Gasteiger partial charge in [-0.05, 0) is 39.4 Å². The molecule has 1 atom stereocenters. The Morgan fingerprint density at radius 2 is 2.00 bits per heavy atom. The van der Waals surface area contributed by atoms with E-state index in [-0.39, 0.29) is 0 Å². The van der Waals surface area contributed by atoms with Crippen LogP contribution in [0.1, 0.15) is 40.0 Å². The van der Waals surface area contributed by atoms with Crippen LogP contribution in [0, 0.1) is 0 Å². The summed E-state index contributed by atoms with van der Waals surface area (Å²) >= 11 is 0. The SMILES string of the molecule is CCCC(C)(NCCCNCC)C(=O)O. The van der Waals surface area contributed by atoms with Gasteiger partial charge in [0.15, 0.2) is 0 Å². The summed E-state index contributed by atoms with van der Waals surface area (Å²) in [5.41, 5.74) is -0.763. The molecule has 90 valence electrons. The normalized spacial score (nSPS) is 14.9. The van der Waals surface area contributed by atoms with Crippen molar-refractivity contribution in [2.75, 3.05) is 19.6 Å². The van der Waals surface area contributed by atoms with Crippen LogP contribution in [-0.4, -0.2) is 36.2 Å². The molecule has 0 radical (unpaired) electrons. The van der Waals surface area contributed by atoms with Crippen molar-refractivity contribution >= 4 is 5.97 Å². The van der Waals surface area contributed by atoms with Crippen molar-refractivity contribution in [3.8, 4) is 0 Å². The van der Waals surface area contributed by atoms with Crippen molar-refractivity contribution in [2.45, 2.75) is 45.6 Å². The lowest BCUT2D eigenvalue weighted by molar-refractivity contribution is -0.144. The highest BCUT2D eigenvalue weighted by Crippen LogP contribution is 2.12. The topological polar surface area (TPSA) is 61.4 Å². The van der Waals surface area contributed by atoms with Gasteiger partial charge in [-0.3, -0.25) is 4.79 Å². The Labute approximate surface area is 92.4 Å². The maximum atomic E-state index is 11.1. The molecule has 0 aliphatic heterocycles. The third kappa shape index (κ3) is 5.74. The van der Waals surface area contributed by atoms with Gasteiger partial charge in [-0.25, -0.2) is 0 Å². The van der Waals surface area contributed by atoms with Gasteiger partial charge in [-0.15, -0.1) is 0 Å². The third-order valence-electron chi connectivity index (χ3n) is 2.52. The summed E-state index contributed by atoms with van der Waals surface area (Å²) in [5.74, 6) is -0.757. The average Bonchev–Trinajstić information content (AvgIpc) is 2.18.